The number of hydrogen-bond donors (Lipinski definition) is 0. The largest absolute Gasteiger partial charge is 0.494 e. The van der Waals surface area contributed by atoms with Gasteiger partial charge in [0.1, 0.15) is 5.82 Å². The Labute approximate surface area is 103 Å². The molecule has 2 rings (SSSR count). The van der Waals surface area contributed by atoms with E-state index in [9.17, 15) is 13.6 Å². The highest BCUT2D eigenvalue weighted by molar-refractivity contribution is 5.88. The zero-order valence-electron chi connectivity index (χ0n) is 9.61. The van der Waals surface area contributed by atoms with Crippen LogP contribution in [0.2, 0.25) is 0 Å². The Morgan fingerprint density at radius 1 is 1.06 bits per heavy atom. The molecule has 0 spiro atoms. The van der Waals surface area contributed by atoms with Gasteiger partial charge < -0.3 is 4.74 Å². The monoisotopic (exact) mass is 248 g/mol. The molecule has 2 aromatic carbocycles. The number of rotatable bonds is 3. The normalized spacial score (nSPS) is 10.2. The first kappa shape index (κ1) is 12.2. The third kappa shape index (κ3) is 1.97. The third-order valence-electron chi connectivity index (χ3n) is 2.65. The van der Waals surface area contributed by atoms with Gasteiger partial charge in [-0.3, -0.25) is 4.79 Å². The van der Waals surface area contributed by atoms with Crippen LogP contribution in [0.25, 0.3) is 11.1 Å². The van der Waals surface area contributed by atoms with Crippen LogP contribution >= 0.6 is 0 Å². The van der Waals surface area contributed by atoms with Crippen molar-refractivity contribution >= 4 is 6.29 Å². The van der Waals surface area contributed by atoms with Crippen LogP contribution in [0.3, 0.4) is 0 Å². The maximum absolute atomic E-state index is 13.9. The van der Waals surface area contributed by atoms with Gasteiger partial charge >= 0.3 is 0 Å². The smallest absolute Gasteiger partial charge is 0.176 e. The van der Waals surface area contributed by atoms with Crippen molar-refractivity contribution in [3.8, 4) is 16.9 Å². The van der Waals surface area contributed by atoms with Gasteiger partial charge in [0, 0.05) is 5.56 Å². The highest BCUT2D eigenvalue weighted by Crippen LogP contribution is 2.31. The number of carbonyl (C=O) groups is 1. The molecule has 0 aliphatic heterocycles. The van der Waals surface area contributed by atoms with Gasteiger partial charge in [0.2, 0.25) is 0 Å². The van der Waals surface area contributed by atoms with Crippen molar-refractivity contribution in [3.05, 3.63) is 53.6 Å². The second-order valence-electron chi connectivity index (χ2n) is 3.64. The molecule has 0 atom stereocenters. The molecule has 0 aromatic heterocycles. The average Bonchev–Trinajstić information content (AvgIpc) is 2.39. The van der Waals surface area contributed by atoms with E-state index in [4.69, 9.17) is 4.74 Å². The molecule has 4 heteroatoms. The summed E-state index contributed by atoms with van der Waals surface area (Å²) in [6.07, 6.45) is 0.361. The summed E-state index contributed by atoms with van der Waals surface area (Å²) in [4.78, 5) is 11.0. The zero-order chi connectivity index (χ0) is 13.1. The maximum Gasteiger partial charge on any atom is 0.176 e. The van der Waals surface area contributed by atoms with Gasteiger partial charge in [-0.15, -0.1) is 0 Å². The molecule has 0 aliphatic carbocycles. The second kappa shape index (κ2) is 4.96. The van der Waals surface area contributed by atoms with E-state index in [0.29, 0.717) is 6.29 Å². The van der Waals surface area contributed by atoms with E-state index in [-0.39, 0.29) is 22.4 Å². The Bertz CT molecular complexity index is 594. The van der Waals surface area contributed by atoms with Gasteiger partial charge in [-0.2, -0.15) is 0 Å². The quantitative estimate of drug-likeness (QED) is 0.777. The third-order valence-corrected chi connectivity index (χ3v) is 2.65. The van der Waals surface area contributed by atoms with Gasteiger partial charge in [0.05, 0.1) is 12.7 Å². The van der Waals surface area contributed by atoms with Crippen LogP contribution in [0, 0.1) is 11.6 Å². The predicted octanol–water partition coefficient (Wildman–Crippen LogP) is 3.45. The Balaban J connectivity index is 2.69. The van der Waals surface area contributed by atoms with Crippen LogP contribution in [0.4, 0.5) is 8.78 Å². The number of ether oxygens (including phenoxy) is 1. The lowest BCUT2D eigenvalue weighted by Gasteiger charge is -2.10. The van der Waals surface area contributed by atoms with E-state index in [1.165, 1.54) is 37.4 Å². The summed E-state index contributed by atoms with van der Waals surface area (Å²) in [5.41, 5.74) is 0.182. The molecule has 18 heavy (non-hydrogen) atoms. The van der Waals surface area contributed by atoms with Crippen molar-refractivity contribution in [1.82, 2.24) is 0 Å². The van der Waals surface area contributed by atoms with Gasteiger partial charge in [0.15, 0.2) is 17.9 Å². The molecular weight excluding hydrogens is 238 g/mol. The number of hydrogen-bond acceptors (Lipinski definition) is 2. The average molecular weight is 248 g/mol. The van der Waals surface area contributed by atoms with Crippen LogP contribution < -0.4 is 4.74 Å². The molecular formula is C14H10F2O2. The van der Waals surface area contributed by atoms with Gasteiger partial charge in [-0.25, -0.2) is 8.78 Å². The van der Waals surface area contributed by atoms with Crippen molar-refractivity contribution in [2.24, 2.45) is 0 Å². The Morgan fingerprint density at radius 2 is 1.78 bits per heavy atom. The minimum Gasteiger partial charge on any atom is -0.494 e. The van der Waals surface area contributed by atoms with Crippen molar-refractivity contribution in [1.29, 1.82) is 0 Å². The van der Waals surface area contributed by atoms with E-state index in [1.54, 1.807) is 6.07 Å². The van der Waals surface area contributed by atoms with Gasteiger partial charge in [0.25, 0.3) is 0 Å². The van der Waals surface area contributed by atoms with Gasteiger partial charge in [-0.1, -0.05) is 18.2 Å². The standard InChI is InChI=1S/C14H10F2O2/c1-18-13-7-6-9(11(8-17)14(13)16)10-4-2-3-5-12(10)15/h2-8H,1H3. The molecule has 0 radical (unpaired) electrons. The summed E-state index contributed by atoms with van der Waals surface area (Å²) in [6.45, 7) is 0. The molecule has 2 aromatic rings. The topological polar surface area (TPSA) is 26.3 Å². The second-order valence-corrected chi connectivity index (χ2v) is 3.64. The summed E-state index contributed by atoms with van der Waals surface area (Å²) in [6, 6.07) is 8.72. The van der Waals surface area contributed by atoms with E-state index in [0.717, 1.165) is 0 Å². The Hall–Kier alpha value is -2.23. The van der Waals surface area contributed by atoms with Crippen LogP contribution in [-0.2, 0) is 0 Å². The molecule has 0 bridgehead atoms. The van der Waals surface area contributed by atoms with E-state index in [2.05, 4.69) is 0 Å². The van der Waals surface area contributed by atoms with E-state index < -0.39 is 11.6 Å². The lowest BCUT2D eigenvalue weighted by Crippen LogP contribution is -1.98. The van der Waals surface area contributed by atoms with E-state index >= 15 is 0 Å². The maximum atomic E-state index is 13.9. The molecule has 0 unspecified atom stereocenters. The number of methoxy groups -OCH3 is 1. The molecule has 0 N–H and O–H groups in total. The van der Waals surface area contributed by atoms with Crippen molar-refractivity contribution in [3.63, 3.8) is 0 Å². The SMILES string of the molecule is COc1ccc(-c2ccccc2F)c(C=O)c1F. The zero-order valence-corrected chi connectivity index (χ0v) is 9.61. The minimum atomic E-state index is -0.784. The number of halogens is 2. The van der Waals surface area contributed by atoms with Gasteiger partial charge in [-0.05, 0) is 23.8 Å². The molecule has 0 heterocycles. The number of aldehydes is 1. The molecule has 0 aliphatic rings. The first-order valence-corrected chi connectivity index (χ1v) is 5.25. The summed E-state index contributed by atoms with van der Waals surface area (Å²) < 4.78 is 32.3. The van der Waals surface area contributed by atoms with E-state index in [1.807, 2.05) is 0 Å². The number of benzene rings is 2. The van der Waals surface area contributed by atoms with Crippen LogP contribution in [0.15, 0.2) is 36.4 Å². The molecule has 0 saturated heterocycles. The molecule has 0 fully saturated rings. The molecule has 2 nitrogen and oxygen atoms in total. The summed E-state index contributed by atoms with van der Waals surface area (Å²) in [5.74, 6) is -1.34. The Morgan fingerprint density at radius 3 is 2.39 bits per heavy atom. The molecule has 0 saturated carbocycles. The highest BCUT2D eigenvalue weighted by atomic mass is 19.1. The fraction of sp³-hybridized carbons (Fsp3) is 0.0714. The predicted molar refractivity (Wildman–Crippen MR) is 63.7 cm³/mol. The molecule has 0 amide bonds. The van der Waals surface area contributed by atoms with Crippen molar-refractivity contribution in [2.45, 2.75) is 0 Å². The van der Waals surface area contributed by atoms with Crippen molar-refractivity contribution in [2.75, 3.05) is 7.11 Å². The lowest BCUT2D eigenvalue weighted by molar-refractivity contribution is 0.111. The fourth-order valence-corrected chi connectivity index (χ4v) is 1.76. The fourth-order valence-electron chi connectivity index (χ4n) is 1.76. The molecule has 92 valence electrons. The van der Waals surface area contributed by atoms with Crippen molar-refractivity contribution < 1.29 is 18.3 Å². The summed E-state index contributed by atoms with van der Waals surface area (Å²) in [7, 11) is 1.30. The van der Waals surface area contributed by atoms with Crippen LogP contribution in [0.1, 0.15) is 10.4 Å². The highest BCUT2D eigenvalue weighted by Gasteiger charge is 2.16. The minimum absolute atomic E-state index is 0.0443. The first-order valence-electron chi connectivity index (χ1n) is 5.25. The summed E-state index contributed by atoms with van der Waals surface area (Å²) in [5, 5.41) is 0. The number of carbonyl (C=O) groups excluding carboxylic acids is 1. The first-order chi connectivity index (χ1) is 8.69. The Kier molecular flexibility index (Phi) is 3.37. The lowest BCUT2D eigenvalue weighted by atomic mass is 9.99. The van der Waals surface area contributed by atoms with Crippen LogP contribution in [0.5, 0.6) is 5.75 Å². The summed E-state index contributed by atoms with van der Waals surface area (Å²) >= 11 is 0. The van der Waals surface area contributed by atoms with Crippen LogP contribution in [-0.4, -0.2) is 13.4 Å².